The molecule has 1 saturated carbocycles. The van der Waals surface area contributed by atoms with Crippen LogP contribution in [0.15, 0.2) is 12.3 Å². The molecular weight excluding hydrogens is 272 g/mol. The maximum Gasteiger partial charge on any atom is 0.321 e. The van der Waals surface area contributed by atoms with Crippen LogP contribution in [-0.4, -0.2) is 45.3 Å². The quantitative estimate of drug-likeness (QED) is 0.860. The van der Waals surface area contributed by atoms with Crippen molar-refractivity contribution in [1.82, 2.24) is 15.1 Å². The summed E-state index contributed by atoms with van der Waals surface area (Å²) >= 11 is 0. The molecule has 2 atom stereocenters. The third kappa shape index (κ3) is 2.22. The molecule has 2 amide bonds. The molecule has 1 aliphatic carbocycles. The molecule has 0 aromatic carbocycles. The van der Waals surface area contributed by atoms with Gasteiger partial charge in [0.2, 0.25) is 0 Å². The average Bonchev–Trinajstić information content (AvgIpc) is 2.99. The number of carboxylic acids is 1. The Morgan fingerprint density at radius 1 is 1.52 bits per heavy atom. The molecule has 112 valence electrons. The molecule has 7 nitrogen and oxygen atoms in total. The molecule has 0 unspecified atom stereocenters. The van der Waals surface area contributed by atoms with Gasteiger partial charge in [0.25, 0.3) is 0 Å². The number of carboxylic acid groups (broad SMARTS) is 1. The molecule has 1 aromatic rings. The second-order valence-electron chi connectivity index (χ2n) is 5.89. The van der Waals surface area contributed by atoms with Crippen molar-refractivity contribution in [3.8, 4) is 0 Å². The van der Waals surface area contributed by atoms with Crippen LogP contribution in [0.2, 0.25) is 0 Å². The molecule has 1 aliphatic heterocycles. The van der Waals surface area contributed by atoms with Crippen LogP contribution in [0.3, 0.4) is 0 Å². The van der Waals surface area contributed by atoms with E-state index in [9.17, 15) is 14.7 Å². The van der Waals surface area contributed by atoms with Crippen molar-refractivity contribution in [3.63, 3.8) is 0 Å². The summed E-state index contributed by atoms with van der Waals surface area (Å²) in [7, 11) is 0. The van der Waals surface area contributed by atoms with Crippen molar-refractivity contribution < 1.29 is 14.7 Å². The third-order valence-corrected chi connectivity index (χ3v) is 4.73. The highest BCUT2D eigenvalue weighted by molar-refractivity contribution is 5.91. The Balaban J connectivity index is 1.73. The number of aliphatic carboxylic acids is 1. The van der Waals surface area contributed by atoms with Crippen LogP contribution in [0, 0.1) is 18.3 Å². The lowest BCUT2D eigenvalue weighted by Crippen LogP contribution is -2.38. The Kier molecular flexibility index (Phi) is 3.27. The highest BCUT2D eigenvalue weighted by Crippen LogP contribution is 2.48. The summed E-state index contributed by atoms with van der Waals surface area (Å²) in [5.74, 6) is -0.709. The van der Waals surface area contributed by atoms with Crippen molar-refractivity contribution in [2.45, 2.75) is 26.2 Å². The first-order chi connectivity index (χ1) is 10.0. The Morgan fingerprint density at radius 2 is 2.33 bits per heavy atom. The van der Waals surface area contributed by atoms with E-state index in [1.54, 1.807) is 17.9 Å². The minimum Gasteiger partial charge on any atom is -0.481 e. The third-order valence-electron chi connectivity index (χ3n) is 4.73. The van der Waals surface area contributed by atoms with Gasteiger partial charge in [-0.05, 0) is 31.7 Å². The zero-order valence-electron chi connectivity index (χ0n) is 11.9. The smallest absolute Gasteiger partial charge is 0.321 e. The number of amides is 2. The summed E-state index contributed by atoms with van der Waals surface area (Å²) < 4.78 is 0. The van der Waals surface area contributed by atoms with E-state index in [0.717, 1.165) is 12.8 Å². The molecule has 1 saturated heterocycles. The first kappa shape index (κ1) is 13.8. The van der Waals surface area contributed by atoms with E-state index in [1.165, 1.54) is 6.20 Å². The molecule has 1 aromatic heterocycles. The highest BCUT2D eigenvalue weighted by atomic mass is 16.4. The largest absolute Gasteiger partial charge is 0.481 e. The topological polar surface area (TPSA) is 95.4 Å². The van der Waals surface area contributed by atoms with Gasteiger partial charge in [0.15, 0.2) is 0 Å². The minimum absolute atomic E-state index is 0.0670. The van der Waals surface area contributed by atoms with Gasteiger partial charge in [0.05, 0.1) is 23.0 Å². The van der Waals surface area contributed by atoms with Crippen LogP contribution in [0.4, 0.5) is 10.5 Å². The van der Waals surface area contributed by atoms with E-state index in [1.807, 2.05) is 0 Å². The van der Waals surface area contributed by atoms with Gasteiger partial charge in [-0.3, -0.25) is 4.79 Å². The number of aryl methyl sites for hydroxylation is 1. The number of carbonyl (C=O) groups excluding carboxylic acids is 1. The highest BCUT2D eigenvalue weighted by Gasteiger charge is 2.55. The lowest BCUT2D eigenvalue weighted by molar-refractivity contribution is -0.149. The fourth-order valence-corrected chi connectivity index (χ4v) is 3.52. The lowest BCUT2D eigenvalue weighted by Gasteiger charge is -2.23. The average molecular weight is 290 g/mol. The zero-order valence-corrected chi connectivity index (χ0v) is 11.9. The Labute approximate surface area is 122 Å². The number of hydrogen-bond acceptors (Lipinski definition) is 4. The number of fused-ring (bicyclic) bond motifs is 1. The number of likely N-dealkylation sites (tertiary alicyclic amines) is 1. The molecule has 2 N–H and O–H groups in total. The van der Waals surface area contributed by atoms with Crippen molar-refractivity contribution >= 4 is 17.7 Å². The van der Waals surface area contributed by atoms with Gasteiger partial charge in [-0.15, -0.1) is 0 Å². The van der Waals surface area contributed by atoms with Crippen molar-refractivity contribution in [2.75, 3.05) is 18.4 Å². The lowest BCUT2D eigenvalue weighted by atomic mass is 9.81. The SMILES string of the molecule is Cc1nnccc1NC(=O)N1C[C@@H]2CCC[C@@]2(C(=O)O)C1. The predicted octanol–water partition coefficient (Wildman–Crippen LogP) is 1.50. The molecule has 0 radical (unpaired) electrons. The monoisotopic (exact) mass is 290 g/mol. The Morgan fingerprint density at radius 3 is 3.00 bits per heavy atom. The first-order valence-electron chi connectivity index (χ1n) is 7.10. The van der Waals surface area contributed by atoms with E-state index in [0.29, 0.717) is 24.3 Å². The van der Waals surface area contributed by atoms with E-state index in [-0.39, 0.29) is 18.5 Å². The molecule has 7 heteroatoms. The standard InChI is InChI=1S/C14H18N4O3/c1-9-11(4-6-15-17-9)16-13(21)18-7-10-3-2-5-14(10,8-18)12(19)20/h4,6,10H,2-3,5,7-8H2,1H3,(H,19,20)(H,15,16,21)/t10-,14+/m0/s1. The van der Waals surface area contributed by atoms with Crippen LogP contribution in [-0.2, 0) is 4.79 Å². The van der Waals surface area contributed by atoms with Crippen molar-refractivity contribution in [1.29, 1.82) is 0 Å². The Bertz CT molecular complexity index is 591. The van der Waals surface area contributed by atoms with Crippen molar-refractivity contribution in [3.05, 3.63) is 18.0 Å². The van der Waals surface area contributed by atoms with Gasteiger partial charge in [-0.25, -0.2) is 4.79 Å². The van der Waals surface area contributed by atoms with Crippen LogP contribution < -0.4 is 5.32 Å². The number of nitrogens with zero attached hydrogens (tertiary/aromatic N) is 3. The van der Waals surface area contributed by atoms with Crippen LogP contribution in [0.1, 0.15) is 25.0 Å². The fourth-order valence-electron chi connectivity index (χ4n) is 3.52. The summed E-state index contributed by atoms with van der Waals surface area (Å²) in [4.78, 5) is 25.6. The maximum atomic E-state index is 12.3. The van der Waals surface area contributed by atoms with Crippen LogP contribution in [0.25, 0.3) is 0 Å². The maximum absolute atomic E-state index is 12.3. The summed E-state index contributed by atoms with van der Waals surface area (Å²) in [6, 6.07) is 1.42. The summed E-state index contributed by atoms with van der Waals surface area (Å²) in [6.07, 6.45) is 3.98. The van der Waals surface area contributed by atoms with E-state index in [4.69, 9.17) is 0 Å². The van der Waals surface area contributed by atoms with Crippen LogP contribution in [0.5, 0.6) is 0 Å². The molecule has 0 bridgehead atoms. The number of aromatic nitrogens is 2. The first-order valence-corrected chi connectivity index (χ1v) is 7.10. The number of rotatable bonds is 2. The fraction of sp³-hybridized carbons (Fsp3) is 0.571. The minimum atomic E-state index is -0.776. The summed E-state index contributed by atoms with van der Waals surface area (Å²) in [6.45, 7) is 2.56. The molecule has 2 heterocycles. The van der Waals surface area contributed by atoms with Gasteiger partial charge >= 0.3 is 12.0 Å². The van der Waals surface area contributed by atoms with Gasteiger partial charge in [0.1, 0.15) is 0 Å². The van der Waals surface area contributed by atoms with Crippen molar-refractivity contribution in [2.24, 2.45) is 11.3 Å². The molecule has 0 spiro atoms. The number of hydrogen-bond donors (Lipinski definition) is 2. The summed E-state index contributed by atoms with van der Waals surface area (Å²) in [5, 5.41) is 19.9. The molecule has 3 rings (SSSR count). The molecule has 2 fully saturated rings. The number of carbonyl (C=O) groups is 2. The van der Waals surface area contributed by atoms with Crippen LogP contribution >= 0.6 is 0 Å². The van der Waals surface area contributed by atoms with E-state index in [2.05, 4.69) is 15.5 Å². The summed E-state index contributed by atoms with van der Waals surface area (Å²) in [5.41, 5.74) is 0.498. The van der Waals surface area contributed by atoms with E-state index < -0.39 is 11.4 Å². The molecule has 21 heavy (non-hydrogen) atoms. The molecular formula is C14H18N4O3. The zero-order chi connectivity index (χ0) is 15.0. The van der Waals surface area contributed by atoms with Gasteiger partial charge in [0, 0.05) is 13.1 Å². The number of anilines is 1. The molecule has 2 aliphatic rings. The Hall–Kier alpha value is -2.18. The second-order valence-corrected chi connectivity index (χ2v) is 5.89. The normalized spacial score (nSPS) is 27.5. The number of urea groups is 1. The van der Waals surface area contributed by atoms with Gasteiger partial charge in [-0.1, -0.05) is 6.42 Å². The van der Waals surface area contributed by atoms with Gasteiger partial charge in [-0.2, -0.15) is 10.2 Å². The van der Waals surface area contributed by atoms with Gasteiger partial charge < -0.3 is 15.3 Å². The predicted molar refractivity (Wildman–Crippen MR) is 74.8 cm³/mol. The number of nitrogens with one attached hydrogen (secondary N) is 1. The van der Waals surface area contributed by atoms with E-state index >= 15 is 0 Å². The second kappa shape index (κ2) is 4.98.